The van der Waals surface area contributed by atoms with Crippen molar-refractivity contribution in [1.82, 2.24) is 0 Å². The Balaban J connectivity index is 3.57. The predicted molar refractivity (Wildman–Crippen MR) is 27.1 cm³/mol. The van der Waals surface area contributed by atoms with Crippen LogP contribution in [0.15, 0.2) is 12.3 Å². The van der Waals surface area contributed by atoms with Crippen LogP contribution < -0.4 is 0 Å². The SMILES string of the molecule is [CH-]=[N+](C)C(=C)C. The van der Waals surface area contributed by atoms with E-state index in [2.05, 4.69) is 6.58 Å². The summed E-state index contributed by atoms with van der Waals surface area (Å²) in [6.45, 7) is 10.6. The first-order valence-corrected chi connectivity index (χ1v) is 1.78. The molecule has 0 aromatic rings. The minimum absolute atomic E-state index is 0.870. The normalized spacial score (nSPS) is 7.67. The third-order valence-corrected chi connectivity index (χ3v) is 0.602. The van der Waals surface area contributed by atoms with Gasteiger partial charge in [-0.3, -0.25) is 0 Å². The standard InChI is InChI=1S/C5H9N/c1-5(2)6(3)4/h3H,1H2,2,4H3. The molecule has 0 atom stereocenters. The number of rotatable bonds is 1. The van der Waals surface area contributed by atoms with Crippen LogP contribution in [0.1, 0.15) is 6.92 Å². The van der Waals surface area contributed by atoms with Crippen molar-refractivity contribution < 1.29 is 4.58 Å². The predicted octanol–water partition coefficient (Wildman–Crippen LogP) is 0.740. The fourth-order valence-corrected chi connectivity index (χ4v) is 0. The van der Waals surface area contributed by atoms with E-state index < -0.39 is 0 Å². The van der Waals surface area contributed by atoms with Crippen LogP contribution in [-0.2, 0) is 0 Å². The highest BCUT2D eigenvalue weighted by atomic mass is 14.9. The van der Waals surface area contributed by atoms with Crippen molar-refractivity contribution in [3.8, 4) is 0 Å². The van der Waals surface area contributed by atoms with E-state index in [-0.39, 0.29) is 0 Å². The largest absolute Gasteiger partial charge is 0.374 e. The van der Waals surface area contributed by atoms with Crippen LogP contribution in [0.4, 0.5) is 0 Å². The molecule has 0 saturated heterocycles. The van der Waals surface area contributed by atoms with Gasteiger partial charge < -0.3 is 4.58 Å². The molecule has 1 nitrogen and oxygen atoms in total. The van der Waals surface area contributed by atoms with Gasteiger partial charge in [0.05, 0.1) is 0 Å². The molecule has 0 saturated carbocycles. The average Bonchev–Trinajstić information content (AvgIpc) is 1.36. The molecule has 0 aromatic carbocycles. The first-order valence-electron chi connectivity index (χ1n) is 1.78. The Hall–Kier alpha value is -0.590. The number of hydrogen-bond donors (Lipinski definition) is 0. The quantitative estimate of drug-likeness (QED) is 0.250. The van der Waals surface area contributed by atoms with Gasteiger partial charge in [-0.05, 0) is 6.92 Å². The summed E-state index contributed by atoms with van der Waals surface area (Å²) >= 11 is 0. The highest BCUT2D eigenvalue weighted by molar-refractivity contribution is 5.15. The Labute approximate surface area is 38.6 Å². The van der Waals surface area contributed by atoms with Crippen LogP contribution in [0.3, 0.4) is 0 Å². The zero-order valence-corrected chi connectivity index (χ0v) is 4.23. The van der Waals surface area contributed by atoms with Crippen LogP contribution in [-0.4, -0.2) is 18.3 Å². The smallest absolute Gasteiger partial charge is 0.104 e. The molecule has 0 heterocycles. The molecule has 0 amide bonds. The van der Waals surface area contributed by atoms with E-state index in [1.54, 1.807) is 7.05 Å². The first-order chi connectivity index (χ1) is 2.64. The molecule has 6 heavy (non-hydrogen) atoms. The Bertz CT molecular complexity index is 69.9. The lowest BCUT2D eigenvalue weighted by atomic mass is 10.6. The van der Waals surface area contributed by atoms with Crippen LogP contribution in [0.2, 0.25) is 0 Å². The van der Waals surface area contributed by atoms with Crippen LogP contribution >= 0.6 is 0 Å². The van der Waals surface area contributed by atoms with Gasteiger partial charge in [0.1, 0.15) is 7.05 Å². The maximum absolute atomic E-state index is 5.17. The van der Waals surface area contributed by atoms with Gasteiger partial charge in [-0.25, -0.2) is 0 Å². The topological polar surface area (TPSA) is 3.01 Å². The molecule has 0 bridgehead atoms. The van der Waals surface area contributed by atoms with Crippen molar-refractivity contribution in [2.75, 3.05) is 7.05 Å². The van der Waals surface area contributed by atoms with Crippen LogP contribution in [0, 0.1) is 0 Å². The number of hydrogen-bond acceptors (Lipinski definition) is 0. The van der Waals surface area contributed by atoms with Crippen molar-refractivity contribution in [2.45, 2.75) is 6.92 Å². The summed E-state index contributed by atoms with van der Waals surface area (Å²) in [5.74, 6) is 0. The van der Waals surface area contributed by atoms with E-state index in [1.807, 2.05) is 6.92 Å². The highest BCUT2D eigenvalue weighted by Crippen LogP contribution is 1.79. The minimum Gasteiger partial charge on any atom is -0.374 e. The van der Waals surface area contributed by atoms with Crippen molar-refractivity contribution in [3.63, 3.8) is 0 Å². The monoisotopic (exact) mass is 83.1 g/mol. The number of allylic oxidation sites excluding steroid dienone is 1. The van der Waals surface area contributed by atoms with Gasteiger partial charge in [0.15, 0.2) is 0 Å². The number of nitrogens with zero attached hydrogens (tertiary/aromatic N) is 1. The fraction of sp³-hybridized carbons (Fsp3) is 0.400. The zero-order valence-electron chi connectivity index (χ0n) is 4.23. The van der Waals surface area contributed by atoms with Gasteiger partial charge in [0.25, 0.3) is 0 Å². The molecule has 0 radical (unpaired) electrons. The maximum atomic E-state index is 5.17. The Morgan fingerprint density at radius 1 is 1.83 bits per heavy atom. The van der Waals surface area contributed by atoms with E-state index in [9.17, 15) is 0 Å². The second kappa shape index (κ2) is 1.75. The van der Waals surface area contributed by atoms with Crippen molar-refractivity contribution in [1.29, 1.82) is 0 Å². The average molecular weight is 83.1 g/mol. The van der Waals surface area contributed by atoms with E-state index in [1.165, 1.54) is 4.58 Å². The molecule has 34 valence electrons. The molecule has 0 rings (SSSR count). The molecule has 0 aliphatic heterocycles. The molecule has 0 unspecified atom stereocenters. The molecular weight excluding hydrogens is 74.1 g/mol. The summed E-state index contributed by atoms with van der Waals surface area (Å²) in [4.78, 5) is 0. The maximum Gasteiger partial charge on any atom is 0.104 e. The molecule has 0 aliphatic carbocycles. The van der Waals surface area contributed by atoms with Crippen molar-refractivity contribution >= 4 is 6.72 Å². The second-order valence-electron chi connectivity index (χ2n) is 1.35. The van der Waals surface area contributed by atoms with Gasteiger partial charge in [-0.15, -0.1) is 6.58 Å². The summed E-state index contributed by atoms with van der Waals surface area (Å²) in [6.07, 6.45) is 0. The molecule has 0 N–H and O–H groups in total. The Morgan fingerprint density at radius 2 is 2.00 bits per heavy atom. The van der Waals surface area contributed by atoms with Gasteiger partial charge >= 0.3 is 0 Å². The summed E-state index contributed by atoms with van der Waals surface area (Å²) in [5.41, 5.74) is 0.870. The third-order valence-electron chi connectivity index (χ3n) is 0.602. The third kappa shape index (κ3) is 1.70. The van der Waals surface area contributed by atoms with Gasteiger partial charge in [0.2, 0.25) is 0 Å². The fourth-order valence-electron chi connectivity index (χ4n) is 0. The first kappa shape index (κ1) is 5.41. The van der Waals surface area contributed by atoms with E-state index in [0.29, 0.717) is 0 Å². The summed E-state index contributed by atoms with van der Waals surface area (Å²) in [6, 6.07) is 0. The lowest BCUT2D eigenvalue weighted by Gasteiger charge is -1.96. The van der Waals surface area contributed by atoms with E-state index in [0.717, 1.165) is 5.70 Å². The Kier molecular flexibility index (Phi) is 1.58. The molecule has 0 fully saturated rings. The van der Waals surface area contributed by atoms with Crippen molar-refractivity contribution in [2.24, 2.45) is 0 Å². The van der Waals surface area contributed by atoms with Gasteiger partial charge in [-0.2, -0.15) is 0 Å². The zero-order chi connectivity index (χ0) is 5.15. The van der Waals surface area contributed by atoms with E-state index in [4.69, 9.17) is 6.72 Å². The highest BCUT2D eigenvalue weighted by Gasteiger charge is 1.72. The second-order valence-corrected chi connectivity index (χ2v) is 1.35. The summed E-state index contributed by atoms with van der Waals surface area (Å²) in [5, 5.41) is 0. The molecule has 0 aliphatic rings. The molecule has 0 aromatic heterocycles. The van der Waals surface area contributed by atoms with Gasteiger partial charge in [-0.1, -0.05) is 0 Å². The van der Waals surface area contributed by atoms with Crippen molar-refractivity contribution in [3.05, 3.63) is 12.3 Å². The molecular formula is C5H9N. The van der Waals surface area contributed by atoms with Gasteiger partial charge in [0, 0.05) is 12.4 Å². The lowest BCUT2D eigenvalue weighted by Crippen LogP contribution is -1.94. The molecule has 1 heteroatoms. The molecule has 0 spiro atoms. The lowest BCUT2D eigenvalue weighted by molar-refractivity contribution is -0.432. The Morgan fingerprint density at radius 3 is 2.00 bits per heavy atom. The summed E-state index contributed by atoms with van der Waals surface area (Å²) in [7, 11) is 1.75. The van der Waals surface area contributed by atoms with Crippen LogP contribution in [0.5, 0.6) is 0 Å². The summed E-state index contributed by atoms with van der Waals surface area (Å²) < 4.78 is 1.47. The van der Waals surface area contributed by atoms with Crippen LogP contribution in [0.25, 0.3) is 0 Å². The van der Waals surface area contributed by atoms with E-state index >= 15 is 0 Å². The minimum atomic E-state index is 0.870.